The largest absolute Gasteiger partial charge is 0.454 e. The summed E-state index contributed by atoms with van der Waals surface area (Å²) in [6.07, 6.45) is 4.59. The fraction of sp³-hybridized carbons (Fsp3) is 0.261. The molecule has 1 amide bonds. The average Bonchev–Trinajstić information content (AvgIpc) is 3.28. The first-order valence-corrected chi connectivity index (χ1v) is 10.1. The molecule has 0 spiro atoms. The van der Waals surface area contributed by atoms with Crippen LogP contribution in [0.25, 0.3) is 11.1 Å². The maximum Gasteiger partial charge on any atom is 0.235 e. The lowest BCUT2D eigenvalue weighted by molar-refractivity contribution is -0.125. The third-order valence-electron chi connectivity index (χ3n) is 5.85. The second-order valence-electron chi connectivity index (χ2n) is 7.62. The van der Waals surface area contributed by atoms with Gasteiger partial charge in [-0.1, -0.05) is 24.3 Å². The van der Waals surface area contributed by atoms with Crippen LogP contribution in [-0.2, 0) is 14.9 Å². The van der Waals surface area contributed by atoms with E-state index in [1.165, 1.54) is 0 Å². The van der Waals surface area contributed by atoms with Gasteiger partial charge in [0.15, 0.2) is 11.5 Å². The molecule has 0 saturated carbocycles. The van der Waals surface area contributed by atoms with E-state index in [4.69, 9.17) is 19.9 Å². The van der Waals surface area contributed by atoms with Gasteiger partial charge in [0.25, 0.3) is 0 Å². The van der Waals surface area contributed by atoms with Gasteiger partial charge in [-0.15, -0.1) is 0 Å². The van der Waals surface area contributed by atoms with Gasteiger partial charge >= 0.3 is 0 Å². The molecule has 0 atom stereocenters. The standard InChI is InChI=1S/C23H22N4O4/c24-22-25-12-16(13-26-22)15-1-3-17(4-2-15)23(7-9-29-10-8-23)21(28)27-18-5-6-19-20(11-18)31-14-30-19/h1-6,11-13H,7-10,14H2,(H,27,28)(H2,24,25,26). The van der Waals surface area contributed by atoms with Gasteiger partial charge in [0.1, 0.15) is 0 Å². The van der Waals surface area contributed by atoms with Crippen molar-refractivity contribution in [3.63, 3.8) is 0 Å². The molecule has 0 aliphatic carbocycles. The van der Waals surface area contributed by atoms with Gasteiger partial charge in [-0.25, -0.2) is 9.97 Å². The molecule has 158 valence electrons. The van der Waals surface area contributed by atoms with Crippen molar-refractivity contribution >= 4 is 17.5 Å². The van der Waals surface area contributed by atoms with Crippen molar-refractivity contribution in [3.8, 4) is 22.6 Å². The Morgan fingerprint density at radius 2 is 1.65 bits per heavy atom. The normalized spacial score (nSPS) is 16.6. The van der Waals surface area contributed by atoms with E-state index in [0.717, 1.165) is 16.7 Å². The van der Waals surface area contributed by atoms with Crippen molar-refractivity contribution < 1.29 is 19.0 Å². The summed E-state index contributed by atoms with van der Waals surface area (Å²) in [6, 6.07) is 13.4. The first kappa shape index (κ1) is 19.3. The van der Waals surface area contributed by atoms with Crippen LogP contribution in [0.4, 0.5) is 11.6 Å². The van der Waals surface area contributed by atoms with Crippen molar-refractivity contribution in [2.45, 2.75) is 18.3 Å². The molecule has 3 heterocycles. The molecule has 1 aromatic heterocycles. The molecular weight excluding hydrogens is 396 g/mol. The van der Waals surface area contributed by atoms with E-state index in [0.29, 0.717) is 43.2 Å². The molecule has 8 heteroatoms. The Morgan fingerprint density at radius 3 is 2.39 bits per heavy atom. The molecule has 31 heavy (non-hydrogen) atoms. The van der Waals surface area contributed by atoms with Crippen LogP contribution in [0.2, 0.25) is 0 Å². The number of ether oxygens (including phenoxy) is 3. The zero-order chi connectivity index (χ0) is 21.3. The van der Waals surface area contributed by atoms with E-state index in [2.05, 4.69) is 15.3 Å². The highest BCUT2D eigenvalue weighted by atomic mass is 16.7. The number of aromatic nitrogens is 2. The number of nitrogens with zero attached hydrogens (tertiary/aromatic N) is 2. The van der Waals surface area contributed by atoms with Crippen LogP contribution in [-0.4, -0.2) is 35.9 Å². The summed E-state index contributed by atoms with van der Waals surface area (Å²) in [5.41, 5.74) is 8.36. The number of nitrogens with one attached hydrogen (secondary N) is 1. The Hall–Kier alpha value is -3.65. The molecule has 0 bridgehead atoms. The lowest BCUT2D eigenvalue weighted by Gasteiger charge is -2.36. The number of benzene rings is 2. The van der Waals surface area contributed by atoms with Gasteiger partial charge in [0.2, 0.25) is 18.6 Å². The van der Waals surface area contributed by atoms with Crippen LogP contribution in [0, 0.1) is 0 Å². The van der Waals surface area contributed by atoms with E-state index < -0.39 is 5.41 Å². The summed E-state index contributed by atoms with van der Waals surface area (Å²) in [4.78, 5) is 21.6. The third kappa shape index (κ3) is 3.66. The molecule has 5 rings (SSSR count). The molecule has 2 aliphatic rings. The Kier molecular flexibility index (Phi) is 4.91. The summed E-state index contributed by atoms with van der Waals surface area (Å²) in [7, 11) is 0. The minimum absolute atomic E-state index is 0.0572. The van der Waals surface area contributed by atoms with Crippen LogP contribution in [0.5, 0.6) is 11.5 Å². The molecule has 0 unspecified atom stereocenters. The van der Waals surface area contributed by atoms with E-state index in [9.17, 15) is 4.79 Å². The fourth-order valence-corrected chi connectivity index (χ4v) is 4.06. The molecule has 1 fully saturated rings. The number of carbonyl (C=O) groups excluding carboxylic acids is 1. The van der Waals surface area contributed by atoms with Gasteiger partial charge in [-0.05, 0) is 36.1 Å². The van der Waals surface area contributed by atoms with E-state index in [1.807, 2.05) is 30.3 Å². The molecule has 0 radical (unpaired) electrons. The number of fused-ring (bicyclic) bond motifs is 1. The van der Waals surface area contributed by atoms with Gasteiger partial charge in [0.05, 0.1) is 5.41 Å². The first-order chi connectivity index (χ1) is 15.1. The van der Waals surface area contributed by atoms with Gasteiger partial charge in [0, 0.05) is 42.9 Å². The number of carbonyl (C=O) groups is 1. The van der Waals surface area contributed by atoms with Gasteiger partial charge in [-0.2, -0.15) is 0 Å². The van der Waals surface area contributed by atoms with Gasteiger partial charge in [-0.3, -0.25) is 4.79 Å². The highest BCUT2D eigenvalue weighted by Crippen LogP contribution is 2.39. The number of nitrogen functional groups attached to an aromatic ring is 1. The third-order valence-corrected chi connectivity index (χ3v) is 5.85. The van der Waals surface area contributed by atoms with E-state index in [1.54, 1.807) is 24.5 Å². The summed E-state index contributed by atoms with van der Waals surface area (Å²) in [5.74, 6) is 1.50. The predicted molar refractivity (Wildman–Crippen MR) is 115 cm³/mol. The minimum Gasteiger partial charge on any atom is -0.454 e. The average molecular weight is 418 g/mol. The fourth-order valence-electron chi connectivity index (χ4n) is 4.06. The minimum atomic E-state index is -0.676. The predicted octanol–water partition coefficient (Wildman–Crippen LogP) is 3.14. The van der Waals surface area contributed by atoms with Crippen LogP contribution in [0.15, 0.2) is 54.9 Å². The second-order valence-corrected chi connectivity index (χ2v) is 7.62. The highest BCUT2D eigenvalue weighted by molar-refractivity contribution is 5.99. The summed E-state index contributed by atoms with van der Waals surface area (Å²) < 4.78 is 16.3. The lowest BCUT2D eigenvalue weighted by Crippen LogP contribution is -2.44. The van der Waals surface area contributed by atoms with Crippen molar-refractivity contribution in [3.05, 3.63) is 60.4 Å². The maximum absolute atomic E-state index is 13.5. The smallest absolute Gasteiger partial charge is 0.235 e. The number of nitrogens with two attached hydrogens (primary N) is 1. The second kappa shape index (κ2) is 7.88. The first-order valence-electron chi connectivity index (χ1n) is 10.1. The number of hydrogen-bond acceptors (Lipinski definition) is 7. The zero-order valence-corrected chi connectivity index (χ0v) is 16.8. The van der Waals surface area contributed by atoms with Crippen LogP contribution in [0.3, 0.4) is 0 Å². The van der Waals surface area contributed by atoms with Crippen molar-refractivity contribution in [1.82, 2.24) is 9.97 Å². The Labute approximate surface area is 179 Å². The highest BCUT2D eigenvalue weighted by Gasteiger charge is 2.41. The Balaban J connectivity index is 1.42. The number of rotatable bonds is 4. The Morgan fingerprint density at radius 1 is 0.935 bits per heavy atom. The lowest BCUT2D eigenvalue weighted by atomic mass is 9.73. The van der Waals surface area contributed by atoms with Crippen LogP contribution < -0.4 is 20.5 Å². The van der Waals surface area contributed by atoms with Crippen molar-refractivity contribution in [2.24, 2.45) is 0 Å². The van der Waals surface area contributed by atoms with Crippen LogP contribution >= 0.6 is 0 Å². The molecule has 3 N–H and O–H groups in total. The van der Waals surface area contributed by atoms with Crippen molar-refractivity contribution in [2.75, 3.05) is 31.1 Å². The van der Waals surface area contributed by atoms with Gasteiger partial charge < -0.3 is 25.3 Å². The SMILES string of the molecule is Nc1ncc(-c2ccc(C3(C(=O)Nc4ccc5c(c4)OCO5)CCOCC3)cc2)cn1. The van der Waals surface area contributed by atoms with E-state index in [-0.39, 0.29) is 18.6 Å². The van der Waals surface area contributed by atoms with Crippen LogP contribution in [0.1, 0.15) is 18.4 Å². The number of amides is 1. The summed E-state index contributed by atoms with van der Waals surface area (Å²) in [5, 5.41) is 3.07. The summed E-state index contributed by atoms with van der Waals surface area (Å²) >= 11 is 0. The number of anilines is 2. The molecule has 1 saturated heterocycles. The molecule has 2 aliphatic heterocycles. The molecule has 3 aromatic rings. The maximum atomic E-state index is 13.5. The zero-order valence-electron chi connectivity index (χ0n) is 16.8. The van der Waals surface area contributed by atoms with E-state index >= 15 is 0 Å². The Bertz CT molecular complexity index is 1090. The summed E-state index contributed by atoms with van der Waals surface area (Å²) in [6.45, 7) is 1.25. The number of hydrogen-bond donors (Lipinski definition) is 2. The molecule has 2 aromatic carbocycles. The monoisotopic (exact) mass is 418 g/mol. The quantitative estimate of drug-likeness (QED) is 0.670. The molecular formula is C23H22N4O4. The topological polar surface area (TPSA) is 109 Å². The molecule has 8 nitrogen and oxygen atoms in total. The van der Waals surface area contributed by atoms with Crippen molar-refractivity contribution in [1.29, 1.82) is 0 Å².